The predicted molar refractivity (Wildman–Crippen MR) is 148 cm³/mol. The van der Waals surface area contributed by atoms with Crippen molar-refractivity contribution in [3.63, 3.8) is 0 Å². The van der Waals surface area contributed by atoms with E-state index in [1.807, 2.05) is 43.3 Å². The second-order valence-corrected chi connectivity index (χ2v) is 10.5. The fourth-order valence-corrected chi connectivity index (χ4v) is 5.46. The molecule has 3 heterocycles. The highest BCUT2D eigenvalue weighted by atomic mass is 35.5. The van der Waals surface area contributed by atoms with Crippen LogP contribution in [0.5, 0.6) is 0 Å². The Morgan fingerprint density at radius 2 is 1.97 bits per heavy atom. The first-order valence-electron chi connectivity index (χ1n) is 13.2. The van der Waals surface area contributed by atoms with Crippen LogP contribution in [0.1, 0.15) is 43.0 Å². The van der Waals surface area contributed by atoms with Crippen molar-refractivity contribution >= 4 is 34.8 Å². The molecule has 1 aromatic heterocycles. The maximum atomic E-state index is 13.8. The molecule has 10 heteroatoms. The Bertz CT molecular complexity index is 1390. The van der Waals surface area contributed by atoms with Crippen LogP contribution in [-0.4, -0.2) is 50.2 Å². The van der Waals surface area contributed by atoms with Crippen molar-refractivity contribution in [3.8, 4) is 0 Å². The third-order valence-electron chi connectivity index (χ3n) is 7.46. The molecule has 2 aliphatic heterocycles. The van der Waals surface area contributed by atoms with E-state index in [2.05, 4.69) is 10.3 Å². The summed E-state index contributed by atoms with van der Waals surface area (Å²) in [5.41, 5.74) is 1.83. The highest BCUT2D eigenvalue weighted by molar-refractivity contribution is 6.31. The first kappa shape index (κ1) is 27.1. The molecule has 204 valence electrons. The summed E-state index contributed by atoms with van der Waals surface area (Å²) in [5, 5.41) is 29.4. The molecule has 2 N–H and O–H groups in total. The lowest BCUT2D eigenvalue weighted by Crippen LogP contribution is -2.44. The van der Waals surface area contributed by atoms with Gasteiger partial charge in [-0.3, -0.25) is 14.3 Å². The van der Waals surface area contributed by atoms with Crippen LogP contribution < -0.4 is 9.80 Å². The van der Waals surface area contributed by atoms with E-state index in [1.165, 1.54) is 0 Å². The summed E-state index contributed by atoms with van der Waals surface area (Å²) in [6.45, 7) is 3.43. The summed E-state index contributed by atoms with van der Waals surface area (Å²) in [6, 6.07) is 12.8. The number of hydrogen-bond donors (Lipinski definition) is 2. The number of hydrogen-bond acceptors (Lipinski definition) is 6. The maximum Gasteiger partial charge on any atom is 0.264 e. The number of aliphatic hydroxyl groups excluding tert-OH is 1. The van der Waals surface area contributed by atoms with Gasteiger partial charge < -0.3 is 20.0 Å². The van der Waals surface area contributed by atoms with Gasteiger partial charge in [0.15, 0.2) is 5.60 Å². The fourth-order valence-electron chi connectivity index (χ4n) is 5.28. The van der Waals surface area contributed by atoms with Crippen LogP contribution >= 0.6 is 11.6 Å². The molecule has 2 aliphatic rings. The minimum absolute atomic E-state index is 0.0240. The Morgan fingerprint density at radius 1 is 1.18 bits per heavy atom. The largest absolute Gasteiger partial charge is 0.396 e. The molecule has 0 bridgehead atoms. The fraction of sp³-hybridized carbons (Fsp3) is 0.379. The Balaban J connectivity index is 1.31. The Hall–Kier alpha value is -3.53. The zero-order valence-electron chi connectivity index (χ0n) is 21.8. The third-order valence-corrected chi connectivity index (χ3v) is 7.69. The van der Waals surface area contributed by atoms with E-state index < -0.39 is 17.4 Å². The zero-order chi connectivity index (χ0) is 27.6. The quantitative estimate of drug-likeness (QED) is 0.374. The van der Waals surface area contributed by atoms with Gasteiger partial charge in [-0.05, 0) is 48.7 Å². The van der Waals surface area contributed by atoms with Gasteiger partial charge in [-0.15, -0.1) is 5.10 Å². The molecule has 9 nitrogen and oxygen atoms in total. The first-order valence-corrected chi connectivity index (χ1v) is 13.6. The minimum atomic E-state index is -1.76. The Kier molecular flexibility index (Phi) is 7.83. The van der Waals surface area contributed by atoms with Crippen molar-refractivity contribution in [3.05, 3.63) is 82.7 Å². The van der Waals surface area contributed by atoms with Crippen LogP contribution in [0, 0.1) is 5.92 Å². The van der Waals surface area contributed by atoms with Gasteiger partial charge in [0.2, 0.25) is 5.91 Å². The van der Waals surface area contributed by atoms with E-state index in [4.69, 9.17) is 16.7 Å². The normalized spacial score (nSPS) is 19.9. The monoisotopic (exact) mass is 549 g/mol. The van der Waals surface area contributed by atoms with E-state index in [-0.39, 0.29) is 19.1 Å². The summed E-state index contributed by atoms with van der Waals surface area (Å²) in [6.07, 6.45) is 8.10. The number of allylic oxidation sites excluding steroid dienone is 1. The van der Waals surface area contributed by atoms with Gasteiger partial charge >= 0.3 is 0 Å². The van der Waals surface area contributed by atoms with E-state index in [0.717, 1.165) is 29.9 Å². The number of benzene rings is 2. The van der Waals surface area contributed by atoms with Crippen LogP contribution in [0.25, 0.3) is 0 Å². The molecule has 0 spiro atoms. The summed E-state index contributed by atoms with van der Waals surface area (Å²) in [4.78, 5) is 29.3. The number of carbonyl (C=O) groups excluding carboxylic acids is 2. The van der Waals surface area contributed by atoms with Crippen LogP contribution in [0.4, 0.5) is 11.4 Å². The number of halogens is 1. The molecule has 2 atom stereocenters. The number of aryl methyl sites for hydroxylation is 1. The number of amides is 2. The number of rotatable bonds is 10. The van der Waals surface area contributed by atoms with E-state index >= 15 is 0 Å². The number of aromatic nitrogens is 3. The SMILES string of the molecule is C[C@H](/C=C/CCn1cc(CCO)nn1)[C@@]1(O)C(=O)N(Cc2ccc(N3CCCC3=O)cc2)c2ccc(Cl)cc21. The summed E-state index contributed by atoms with van der Waals surface area (Å²) in [5.74, 6) is -0.791. The average molecular weight is 550 g/mol. The highest BCUT2D eigenvalue weighted by Crippen LogP contribution is 2.46. The van der Waals surface area contributed by atoms with Crippen molar-refractivity contribution in [2.75, 3.05) is 23.0 Å². The van der Waals surface area contributed by atoms with E-state index in [1.54, 1.807) is 38.9 Å². The van der Waals surface area contributed by atoms with Crippen molar-refractivity contribution < 1.29 is 19.8 Å². The number of aliphatic hydroxyl groups is 2. The lowest BCUT2D eigenvalue weighted by atomic mass is 9.83. The maximum absolute atomic E-state index is 13.8. The van der Waals surface area contributed by atoms with Gasteiger partial charge in [0.25, 0.3) is 5.91 Å². The van der Waals surface area contributed by atoms with Gasteiger partial charge in [0.1, 0.15) is 0 Å². The number of anilines is 2. The van der Waals surface area contributed by atoms with Gasteiger partial charge in [0.05, 0.1) is 17.9 Å². The van der Waals surface area contributed by atoms with Gasteiger partial charge in [-0.25, -0.2) is 0 Å². The second-order valence-electron chi connectivity index (χ2n) is 10.1. The molecule has 1 fully saturated rings. The molecule has 0 radical (unpaired) electrons. The predicted octanol–water partition coefficient (Wildman–Crippen LogP) is 3.61. The van der Waals surface area contributed by atoms with Gasteiger partial charge in [-0.1, -0.05) is 48.0 Å². The Morgan fingerprint density at radius 3 is 2.69 bits per heavy atom. The van der Waals surface area contributed by atoms with Crippen molar-refractivity contribution in [2.45, 2.75) is 51.3 Å². The molecular weight excluding hydrogens is 518 g/mol. The number of fused-ring (bicyclic) bond motifs is 1. The topological polar surface area (TPSA) is 112 Å². The molecule has 0 unspecified atom stereocenters. The van der Waals surface area contributed by atoms with E-state index in [0.29, 0.717) is 42.1 Å². The molecule has 1 saturated heterocycles. The number of nitrogens with zero attached hydrogens (tertiary/aromatic N) is 5. The lowest BCUT2D eigenvalue weighted by Gasteiger charge is -2.28. The van der Waals surface area contributed by atoms with Crippen LogP contribution in [-0.2, 0) is 34.7 Å². The molecule has 39 heavy (non-hydrogen) atoms. The van der Waals surface area contributed by atoms with Gasteiger partial charge in [0, 0.05) is 60.9 Å². The van der Waals surface area contributed by atoms with Crippen molar-refractivity contribution in [1.29, 1.82) is 0 Å². The summed E-state index contributed by atoms with van der Waals surface area (Å²) >= 11 is 6.30. The summed E-state index contributed by atoms with van der Waals surface area (Å²) < 4.78 is 1.71. The zero-order valence-corrected chi connectivity index (χ0v) is 22.6. The molecule has 5 rings (SSSR count). The molecule has 2 aromatic carbocycles. The van der Waals surface area contributed by atoms with Crippen LogP contribution in [0.2, 0.25) is 5.02 Å². The average Bonchev–Trinajstić information content (AvgIpc) is 3.62. The highest BCUT2D eigenvalue weighted by Gasteiger charge is 2.52. The smallest absolute Gasteiger partial charge is 0.264 e. The Labute approximate surface area is 232 Å². The standard InChI is InChI=1S/C29H32ClN5O4/c1-20(5-2-3-14-33-19-23(13-16-36)31-32-33)29(39)25-17-22(30)9-12-26(25)35(28(29)38)18-21-7-10-24(11-8-21)34-15-4-6-27(34)37/h2,5,7-12,17,19-20,36,39H,3-4,6,13-16,18H2,1H3/b5-2+/t20-,29+/m1/s1. The van der Waals surface area contributed by atoms with Gasteiger partial charge in [-0.2, -0.15) is 0 Å². The molecule has 0 aliphatic carbocycles. The first-order chi connectivity index (χ1) is 18.8. The third kappa shape index (κ3) is 5.34. The summed E-state index contributed by atoms with van der Waals surface area (Å²) in [7, 11) is 0. The van der Waals surface area contributed by atoms with Crippen molar-refractivity contribution in [2.24, 2.45) is 5.92 Å². The molecule has 0 saturated carbocycles. The van der Waals surface area contributed by atoms with E-state index in [9.17, 15) is 14.7 Å². The molecular formula is C29H32ClN5O4. The number of carbonyl (C=O) groups is 2. The van der Waals surface area contributed by atoms with Crippen molar-refractivity contribution in [1.82, 2.24) is 15.0 Å². The minimum Gasteiger partial charge on any atom is -0.396 e. The van der Waals surface area contributed by atoms with Crippen LogP contribution in [0.3, 0.4) is 0 Å². The lowest BCUT2D eigenvalue weighted by molar-refractivity contribution is -0.139. The molecule has 2 amide bonds. The van der Waals surface area contributed by atoms with Crippen LogP contribution in [0.15, 0.2) is 60.8 Å². The molecule has 3 aromatic rings. The second kappa shape index (κ2) is 11.3.